The number of hydrogen-bond donors (Lipinski definition) is 1. The van der Waals surface area contributed by atoms with Crippen LogP contribution in [0, 0.1) is 19.8 Å². The summed E-state index contributed by atoms with van der Waals surface area (Å²) in [6.07, 6.45) is 0.859. The third kappa shape index (κ3) is 3.80. The van der Waals surface area contributed by atoms with Crippen LogP contribution in [0.1, 0.15) is 24.0 Å². The van der Waals surface area contributed by atoms with Gasteiger partial charge in [0.25, 0.3) is 0 Å². The first-order chi connectivity index (χ1) is 8.85. The maximum absolute atomic E-state index is 12.1. The van der Waals surface area contributed by atoms with E-state index in [1.165, 1.54) is 0 Å². The maximum Gasteiger partial charge on any atom is 0.227 e. The maximum atomic E-state index is 12.1. The molecule has 0 aliphatic carbocycles. The zero-order chi connectivity index (χ0) is 14.0. The Bertz CT molecular complexity index is 558. The van der Waals surface area contributed by atoms with Gasteiger partial charge in [0.1, 0.15) is 9.84 Å². The highest BCUT2D eigenvalue weighted by atomic mass is 32.2. The highest BCUT2D eigenvalue weighted by Crippen LogP contribution is 2.21. The molecule has 2 rings (SSSR count). The minimum atomic E-state index is -2.92. The molecule has 1 saturated heterocycles. The molecule has 0 spiro atoms. The van der Waals surface area contributed by atoms with E-state index in [2.05, 4.69) is 5.32 Å². The number of carbonyl (C=O) groups excluding carboxylic acids is 1. The van der Waals surface area contributed by atoms with E-state index in [1.54, 1.807) is 0 Å². The Labute approximate surface area is 114 Å². The second kappa shape index (κ2) is 5.33. The molecule has 0 unspecified atom stereocenters. The van der Waals surface area contributed by atoms with Crippen LogP contribution in [0.3, 0.4) is 0 Å². The van der Waals surface area contributed by atoms with Crippen molar-refractivity contribution in [3.63, 3.8) is 0 Å². The van der Waals surface area contributed by atoms with Crippen molar-refractivity contribution < 1.29 is 13.2 Å². The van der Waals surface area contributed by atoms with E-state index >= 15 is 0 Å². The molecule has 0 aromatic heterocycles. The SMILES string of the molecule is Cc1cc(C)cc(NC(=O)C2CCS(=O)(=O)CC2)c1. The molecule has 4 nitrogen and oxygen atoms in total. The van der Waals surface area contributed by atoms with Crippen molar-refractivity contribution in [2.45, 2.75) is 26.7 Å². The minimum absolute atomic E-state index is 0.0695. The molecule has 1 aliphatic rings. The third-order valence-electron chi connectivity index (χ3n) is 3.41. The highest BCUT2D eigenvalue weighted by Gasteiger charge is 2.28. The summed E-state index contributed by atoms with van der Waals surface area (Å²) in [6, 6.07) is 5.89. The Kier molecular flexibility index (Phi) is 3.94. The summed E-state index contributed by atoms with van der Waals surface area (Å²) in [5.74, 6) is -0.0141. The summed E-state index contributed by atoms with van der Waals surface area (Å²) in [6.45, 7) is 3.96. The normalized spacial score (nSPS) is 19.1. The van der Waals surface area contributed by atoms with Crippen molar-refractivity contribution in [2.24, 2.45) is 5.92 Å². The molecule has 1 aliphatic heterocycles. The molecule has 1 heterocycles. The summed E-state index contributed by atoms with van der Waals surface area (Å²) >= 11 is 0. The van der Waals surface area contributed by atoms with Crippen molar-refractivity contribution in [1.29, 1.82) is 0 Å². The molecule has 1 aromatic rings. The van der Waals surface area contributed by atoms with Gasteiger partial charge >= 0.3 is 0 Å². The van der Waals surface area contributed by atoms with Gasteiger partial charge in [-0.3, -0.25) is 4.79 Å². The summed E-state index contributed by atoms with van der Waals surface area (Å²) in [7, 11) is -2.92. The number of benzene rings is 1. The zero-order valence-electron chi connectivity index (χ0n) is 11.3. The van der Waals surface area contributed by atoms with Gasteiger partial charge in [-0.05, 0) is 49.9 Å². The van der Waals surface area contributed by atoms with Crippen molar-refractivity contribution in [3.05, 3.63) is 29.3 Å². The standard InChI is InChI=1S/C14H19NO3S/c1-10-7-11(2)9-13(8-10)15-14(16)12-3-5-19(17,18)6-4-12/h7-9,12H,3-6H2,1-2H3,(H,15,16). The van der Waals surface area contributed by atoms with Gasteiger partial charge in [0.15, 0.2) is 0 Å². The van der Waals surface area contributed by atoms with Crippen LogP contribution < -0.4 is 5.32 Å². The summed E-state index contributed by atoms with van der Waals surface area (Å²) < 4.78 is 22.7. The van der Waals surface area contributed by atoms with E-state index in [0.717, 1.165) is 16.8 Å². The Morgan fingerprint density at radius 3 is 2.16 bits per heavy atom. The second-order valence-corrected chi connectivity index (χ2v) is 7.60. The van der Waals surface area contributed by atoms with E-state index in [-0.39, 0.29) is 23.3 Å². The predicted molar refractivity (Wildman–Crippen MR) is 75.9 cm³/mol. The molecule has 19 heavy (non-hydrogen) atoms. The minimum Gasteiger partial charge on any atom is -0.326 e. The van der Waals surface area contributed by atoms with Gasteiger partial charge in [0.05, 0.1) is 11.5 Å². The first kappa shape index (κ1) is 14.1. The van der Waals surface area contributed by atoms with Crippen LogP contribution in [-0.2, 0) is 14.6 Å². The number of hydrogen-bond acceptors (Lipinski definition) is 3. The number of anilines is 1. The molecule has 0 bridgehead atoms. The summed E-state index contributed by atoms with van der Waals surface area (Å²) in [5, 5.41) is 2.89. The molecular formula is C14H19NO3S. The quantitative estimate of drug-likeness (QED) is 0.902. The molecule has 1 aromatic carbocycles. The number of nitrogens with one attached hydrogen (secondary N) is 1. The fraction of sp³-hybridized carbons (Fsp3) is 0.500. The van der Waals surface area contributed by atoms with Crippen molar-refractivity contribution in [3.8, 4) is 0 Å². The van der Waals surface area contributed by atoms with Crippen LogP contribution in [0.5, 0.6) is 0 Å². The predicted octanol–water partition coefficient (Wildman–Crippen LogP) is 2.07. The second-order valence-electron chi connectivity index (χ2n) is 5.29. The molecule has 1 amide bonds. The zero-order valence-corrected chi connectivity index (χ0v) is 12.1. The third-order valence-corrected chi connectivity index (χ3v) is 5.13. The molecule has 0 radical (unpaired) electrons. The van der Waals surface area contributed by atoms with Gasteiger partial charge in [-0.2, -0.15) is 0 Å². The smallest absolute Gasteiger partial charge is 0.227 e. The highest BCUT2D eigenvalue weighted by molar-refractivity contribution is 7.91. The topological polar surface area (TPSA) is 63.2 Å². The van der Waals surface area contributed by atoms with Crippen LogP contribution in [0.4, 0.5) is 5.69 Å². The van der Waals surface area contributed by atoms with Gasteiger partial charge in [-0.1, -0.05) is 6.07 Å². The number of sulfone groups is 1. The Balaban J connectivity index is 2.01. The monoisotopic (exact) mass is 281 g/mol. The van der Waals surface area contributed by atoms with Crippen LogP contribution in [0.15, 0.2) is 18.2 Å². The average molecular weight is 281 g/mol. The van der Waals surface area contributed by atoms with Gasteiger partial charge in [0, 0.05) is 11.6 Å². The van der Waals surface area contributed by atoms with Crippen molar-refractivity contribution in [1.82, 2.24) is 0 Å². The van der Waals surface area contributed by atoms with E-state index in [4.69, 9.17) is 0 Å². The number of carbonyl (C=O) groups is 1. The van der Waals surface area contributed by atoms with E-state index in [1.807, 2.05) is 32.0 Å². The van der Waals surface area contributed by atoms with Crippen LogP contribution in [-0.4, -0.2) is 25.8 Å². The largest absolute Gasteiger partial charge is 0.326 e. The molecule has 0 saturated carbocycles. The molecule has 1 N–H and O–H groups in total. The van der Waals surface area contributed by atoms with E-state index in [9.17, 15) is 13.2 Å². The fourth-order valence-electron chi connectivity index (χ4n) is 2.44. The lowest BCUT2D eigenvalue weighted by Gasteiger charge is -2.21. The summed E-state index contributed by atoms with van der Waals surface area (Å²) in [4.78, 5) is 12.1. The van der Waals surface area contributed by atoms with E-state index < -0.39 is 9.84 Å². The molecular weight excluding hydrogens is 262 g/mol. The lowest BCUT2D eigenvalue weighted by molar-refractivity contribution is -0.120. The lowest BCUT2D eigenvalue weighted by Crippen LogP contribution is -2.31. The van der Waals surface area contributed by atoms with Crippen LogP contribution >= 0.6 is 0 Å². The van der Waals surface area contributed by atoms with Crippen molar-refractivity contribution in [2.75, 3.05) is 16.8 Å². The first-order valence-corrected chi connectivity index (χ1v) is 8.27. The number of amides is 1. The fourth-order valence-corrected chi connectivity index (χ4v) is 3.93. The van der Waals surface area contributed by atoms with Gasteiger partial charge in [-0.15, -0.1) is 0 Å². The van der Waals surface area contributed by atoms with Crippen LogP contribution in [0.25, 0.3) is 0 Å². The van der Waals surface area contributed by atoms with Gasteiger partial charge in [0.2, 0.25) is 5.91 Å². The molecule has 0 atom stereocenters. The van der Waals surface area contributed by atoms with Crippen molar-refractivity contribution >= 4 is 21.4 Å². The Morgan fingerprint density at radius 1 is 1.11 bits per heavy atom. The van der Waals surface area contributed by atoms with Gasteiger partial charge < -0.3 is 5.32 Å². The molecule has 1 fully saturated rings. The average Bonchev–Trinajstić information content (AvgIpc) is 2.26. The number of aryl methyl sites for hydroxylation is 2. The van der Waals surface area contributed by atoms with Crippen LogP contribution in [0.2, 0.25) is 0 Å². The Hall–Kier alpha value is -1.36. The summed E-state index contributed by atoms with van der Waals surface area (Å²) in [5.41, 5.74) is 2.99. The lowest BCUT2D eigenvalue weighted by atomic mass is 10.0. The molecule has 104 valence electrons. The number of rotatable bonds is 2. The Morgan fingerprint density at radius 2 is 1.63 bits per heavy atom. The van der Waals surface area contributed by atoms with Gasteiger partial charge in [-0.25, -0.2) is 8.42 Å². The first-order valence-electron chi connectivity index (χ1n) is 6.45. The molecule has 5 heteroatoms. The van der Waals surface area contributed by atoms with E-state index in [0.29, 0.717) is 12.8 Å².